The van der Waals surface area contributed by atoms with Gasteiger partial charge in [-0.2, -0.15) is 17.6 Å². The molecule has 3 unspecified atom stereocenters. The topological polar surface area (TPSA) is 473 Å². The van der Waals surface area contributed by atoms with E-state index in [0.29, 0.717) is 151 Å². The predicted octanol–water partition coefficient (Wildman–Crippen LogP) is 10.5. The lowest BCUT2D eigenvalue weighted by Gasteiger charge is -2.39. The Kier molecular flexibility index (Phi) is 32.5. The maximum absolute atomic E-state index is 14.0. The third kappa shape index (κ3) is 26.0. The van der Waals surface area contributed by atoms with Crippen molar-refractivity contribution < 1.29 is 95.5 Å². The number of nitrogens with zero attached hydrogens (tertiary/aromatic N) is 9. The first-order valence-electron chi connectivity index (χ1n) is 41.3. The number of aromatic nitrogens is 2. The van der Waals surface area contributed by atoms with Crippen LogP contribution in [-0.4, -0.2) is 245 Å². The molecule has 7 aromatic rings. The second-order valence-corrected chi connectivity index (χ2v) is 38.2. The number of amides is 1. The number of hydrogen-bond donors (Lipinski definition) is 7. The Morgan fingerprint density at radius 1 is 0.635 bits per heavy atom. The Labute approximate surface area is 731 Å². The van der Waals surface area contributed by atoms with E-state index in [1.54, 1.807) is 24.4 Å². The van der Waals surface area contributed by atoms with E-state index in [2.05, 4.69) is 63.7 Å². The van der Waals surface area contributed by atoms with Gasteiger partial charge in [0, 0.05) is 188 Å². The van der Waals surface area contributed by atoms with Gasteiger partial charge in [0.25, 0.3) is 27.3 Å². The number of allylic oxidation sites excluding steroid dienone is 1. The van der Waals surface area contributed by atoms with Crippen molar-refractivity contribution in [2.45, 2.75) is 111 Å². The average Bonchev–Trinajstić information content (AvgIpc) is 0.967. The number of nitro benzene ring substituents is 3. The summed E-state index contributed by atoms with van der Waals surface area (Å²) in [6.45, 7) is 20.1. The molecule has 7 saturated heterocycles. The Morgan fingerprint density at radius 2 is 1.13 bits per heavy atom. The summed E-state index contributed by atoms with van der Waals surface area (Å²) in [7, 11) is -12.7. The molecule has 126 heavy (non-hydrogen) atoms. The summed E-state index contributed by atoms with van der Waals surface area (Å²) in [5.74, 6) is -1.07. The number of nitrogens with one attached hydrogen (secondary N) is 4. The van der Waals surface area contributed by atoms with Crippen molar-refractivity contribution in [1.82, 2.24) is 34.3 Å². The third-order valence-electron chi connectivity index (χ3n) is 23.3. The number of primary sulfonamides is 2. The van der Waals surface area contributed by atoms with Crippen LogP contribution in [0.4, 0.5) is 51.7 Å². The minimum atomic E-state index is -4.65. The van der Waals surface area contributed by atoms with Gasteiger partial charge in [-0.05, 0) is 154 Å². The fraction of sp³-hybridized carbons (Fsp3) is 0.512. The molecule has 0 saturated carbocycles. The zero-order chi connectivity index (χ0) is 90.3. The van der Waals surface area contributed by atoms with Crippen molar-refractivity contribution in [2.24, 2.45) is 39.2 Å². The lowest BCUT2D eigenvalue weighted by molar-refractivity contribution is -0.387. The highest BCUT2D eigenvalue weighted by molar-refractivity contribution is 7.90. The van der Waals surface area contributed by atoms with E-state index in [1.807, 2.05) is 6.07 Å². The van der Waals surface area contributed by atoms with Gasteiger partial charge in [-0.25, -0.2) is 45.2 Å². The van der Waals surface area contributed by atoms with Crippen LogP contribution in [0, 0.1) is 59.3 Å². The van der Waals surface area contributed by atoms with E-state index in [1.165, 1.54) is 42.6 Å². The van der Waals surface area contributed by atoms with E-state index >= 15 is 0 Å². The van der Waals surface area contributed by atoms with Crippen molar-refractivity contribution in [3.63, 3.8) is 0 Å². The van der Waals surface area contributed by atoms with Gasteiger partial charge in [0.05, 0.1) is 86.8 Å². The molecule has 8 aliphatic rings. The van der Waals surface area contributed by atoms with Crippen molar-refractivity contribution in [1.29, 1.82) is 0 Å². The van der Waals surface area contributed by atoms with Gasteiger partial charge in [0.1, 0.15) is 28.5 Å². The van der Waals surface area contributed by atoms with Crippen molar-refractivity contribution in [3.05, 3.63) is 179 Å². The number of benzene rings is 5. The number of nitro groups is 3. The molecule has 1 aliphatic carbocycles. The summed E-state index contributed by atoms with van der Waals surface area (Å²) in [4.78, 5) is 63.1. The number of alkyl halides is 3. The van der Waals surface area contributed by atoms with Crippen molar-refractivity contribution in [3.8, 4) is 11.5 Å². The van der Waals surface area contributed by atoms with Crippen LogP contribution in [0.25, 0.3) is 16.6 Å². The van der Waals surface area contributed by atoms with Crippen molar-refractivity contribution >= 4 is 98.3 Å². The normalized spacial score (nSPS) is 20.7. The summed E-state index contributed by atoms with van der Waals surface area (Å²) in [6.07, 6.45) is 7.14. The maximum atomic E-state index is 14.0. The number of fused-ring (bicyclic) bond motifs is 1. The number of ether oxygens (including phenoxy) is 7. The molecule has 9 heterocycles. The number of halogens is 5. The molecule has 3 atom stereocenters. The number of hydrogen-bond acceptors (Lipinski definition) is 29. The van der Waals surface area contributed by atoms with Crippen LogP contribution in [0.2, 0.25) is 5.02 Å². The molecule has 36 nitrogen and oxygen atoms in total. The average molecular weight is 1840 g/mol. The summed E-state index contributed by atoms with van der Waals surface area (Å²) in [5.41, 5.74) is 7.49. The zero-order valence-electron chi connectivity index (χ0n) is 69.6. The Balaban J connectivity index is 0.000000210. The minimum absolute atomic E-state index is 0.0272. The molecule has 7 fully saturated rings. The van der Waals surface area contributed by atoms with E-state index in [9.17, 15) is 78.0 Å². The number of H-pyrrole nitrogens is 1. The number of carbonyl (C=O) groups is 1. The summed E-state index contributed by atoms with van der Waals surface area (Å²) >= 11 is 6.55. The van der Waals surface area contributed by atoms with E-state index in [-0.39, 0.29) is 55.5 Å². The molecule has 0 bridgehead atoms. The van der Waals surface area contributed by atoms with Crippen molar-refractivity contribution in [2.75, 3.05) is 167 Å². The number of nitrogens with two attached hydrogens (primary N) is 3. The van der Waals surface area contributed by atoms with Gasteiger partial charge < -0.3 is 59.4 Å². The molecule has 15 rings (SSSR count). The fourth-order valence-electron chi connectivity index (χ4n) is 16.4. The maximum Gasteiger partial charge on any atom is 0.416 e. The molecule has 2 aromatic heterocycles. The molecule has 5 aromatic carbocycles. The van der Waals surface area contributed by atoms with Gasteiger partial charge in [-0.15, -0.1) is 0 Å². The standard InChI is InChI=1S/C50H56ClF3N8O8S.C16H24N4O6S.C10H20N2O2.C6H5FN2O4S/c1-49(2)13-9-34(42(25-49)40-6-3-35(22-43(40)51)50(52,53)54)29-59-15-17-60(18-16-59)37-4-7-41(46(23-37)70-38-21-33-10-14-55-47(33)57-27-38)48(63)58-71(66,67)39-5-8-44(45(24-39)62(64)65)56-26-32-28-61(31-69-30-32)36-11-19-68-20-12-36;17-27(23,24)14-1-2-15(16(7-14)20(21)22)18-8-12-9-19(11-26-10-12)13-3-5-25-6-4-13;11-5-9-6-12(8-14-7-9)10-1-3-13-4-2-10;7-5-2-1-4(14(8,12)13)3-6(5)9(10)11/h3-8,10,14,21-24,27,32,36,56H,9,11-13,15-20,25-26,28-31H2,1-2H3,(H,55,57)(H,58,63);1-2,7,12-13,18H,3-6,8-11H2,(H2,17,23,24);9-10H,1-8,11H2;1-3H,(H2,8,12,13). The van der Waals surface area contributed by atoms with Crippen LogP contribution in [-0.2, 0) is 64.7 Å². The SMILES string of the molecule is CC1(C)CCC(CN2CCN(c3ccc(C(=O)NS(=O)(=O)c4ccc(NCC5COCN(C6CCOCC6)C5)c([N+](=O)[O-])c4)c(Oc4cnc5[nH]ccc5c4)c3)CC2)=C(c2ccc(C(F)(F)F)cc2Cl)C1.NCC1COCN(C2CCOCC2)C1.NS(=O)(=O)c1ccc(F)c([N+](=O)[O-])c1.NS(=O)(=O)c1ccc(NCC2COCN(C3CCOCC3)C2)c([N+](=O)[O-])c1. The van der Waals surface area contributed by atoms with Crippen LogP contribution in [0.5, 0.6) is 11.5 Å². The smallest absolute Gasteiger partial charge is 0.416 e. The lowest BCUT2D eigenvalue weighted by Crippen LogP contribution is -2.48. The fourth-order valence-corrected chi connectivity index (χ4v) is 18.7. The molecule has 686 valence electrons. The number of aromatic amines is 1. The molecule has 0 spiro atoms. The molecule has 10 N–H and O–H groups in total. The highest BCUT2D eigenvalue weighted by Gasteiger charge is 2.37. The minimum Gasteiger partial charge on any atom is -0.455 e. The van der Waals surface area contributed by atoms with Crippen LogP contribution in [0.3, 0.4) is 0 Å². The third-order valence-corrected chi connectivity index (χ3v) is 26.8. The second kappa shape index (κ2) is 42.8. The molecular weight excluding hydrogens is 1740 g/mol. The quantitative estimate of drug-likeness (QED) is 0.0168. The number of sulfonamides is 3. The highest BCUT2D eigenvalue weighted by Crippen LogP contribution is 2.46. The zero-order valence-corrected chi connectivity index (χ0v) is 72.8. The van der Waals surface area contributed by atoms with Crippen LogP contribution in [0.15, 0.2) is 136 Å². The van der Waals surface area contributed by atoms with Crippen LogP contribution < -0.4 is 41.0 Å². The highest BCUT2D eigenvalue weighted by atomic mass is 35.5. The van der Waals surface area contributed by atoms with E-state index < -0.39 is 89.5 Å². The van der Waals surface area contributed by atoms with Gasteiger partial charge >= 0.3 is 11.9 Å². The first kappa shape index (κ1) is 95.8. The number of piperazine rings is 1. The summed E-state index contributed by atoms with van der Waals surface area (Å²) in [6, 6.07) is 22.6. The van der Waals surface area contributed by atoms with Crippen LogP contribution in [0.1, 0.15) is 93.1 Å². The molecule has 7 aliphatic heterocycles. The van der Waals surface area contributed by atoms with Gasteiger partial charge in [0.15, 0.2) is 0 Å². The Hall–Kier alpha value is -9.26. The number of carbonyl (C=O) groups excluding carboxylic acids is 1. The van der Waals surface area contributed by atoms with Gasteiger partial charge in [0.2, 0.25) is 25.9 Å². The summed E-state index contributed by atoms with van der Waals surface area (Å²) < 4.78 is 167. The Morgan fingerprint density at radius 3 is 1.64 bits per heavy atom. The summed E-state index contributed by atoms with van der Waals surface area (Å²) in [5, 5.41) is 50.6. The van der Waals surface area contributed by atoms with Gasteiger partial charge in [-0.1, -0.05) is 37.1 Å². The molecule has 0 radical (unpaired) electrons. The molecule has 44 heteroatoms. The largest absolute Gasteiger partial charge is 0.455 e. The first-order valence-corrected chi connectivity index (χ1v) is 46.2. The number of anilines is 3. The first-order chi connectivity index (χ1) is 59.9. The second-order valence-electron chi connectivity index (χ2n) is 33.0. The monoisotopic (exact) mass is 1840 g/mol. The van der Waals surface area contributed by atoms with E-state index in [4.69, 9.17) is 60.8 Å². The number of pyridine rings is 1. The van der Waals surface area contributed by atoms with Gasteiger partial charge in [-0.3, -0.25) is 54.7 Å². The van der Waals surface area contributed by atoms with E-state index in [0.717, 1.165) is 164 Å². The molecular formula is C82H105ClF4N16O20S3. The molecule has 1 amide bonds. The number of rotatable bonds is 24. The predicted molar refractivity (Wildman–Crippen MR) is 460 cm³/mol. The Bertz CT molecular complexity index is 5390. The lowest BCUT2D eigenvalue weighted by atomic mass is 9.72. The van der Waals surface area contributed by atoms with Crippen LogP contribution >= 0.6 is 11.6 Å².